The van der Waals surface area contributed by atoms with E-state index in [1.807, 2.05) is 0 Å². The Morgan fingerprint density at radius 2 is 1.22 bits per heavy atom. The lowest BCUT2D eigenvalue weighted by molar-refractivity contribution is -0.162. The molecule has 23 heavy (non-hydrogen) atoms. The molecule has 2 aliphatic rings. The highest BCUT2D eigenvalue weighted by Crippen LogP contribution is 2.73. The highest BCUT2D eigenvalue weighted by atomic mass is 16.5. The van der Waals surface area contributed by atoms with Gasteiger partial charge in [-0.1, -0.05) is 38.8 Å². The van der Waals surface area contributed by atoms with E-state index in [1.165, 1.54) is 25.4 Å². The molecule has 0 aromatic rings. The maximum Gasteiger partial charge on any atom is 0.310 e. The SMILES string of the molecule is CCC1=C(CC)C2(CC)CC1(CC)C(C(=O)OC)C2C(=O)OC. The molecule has 1 fully saturated rings. The van der Waals surface area contributed by atoms with Crippen molar-refractivity contribution in [2.24, 2.45) is 22.7 Å². The summed E-state index contributed by atoms with van der Waals surface area (Å²) in [4.78, 5) is 25.3. The smallest absolute Gasteiger partial charge is 0.310 e. The van der Waals surface area contributed by atoms with E-state index < -0.39 is 11.8 Å². The van der Waals surface area contributed by atoms with E-state index in [1.54, 1.807) is 0 Å². The molecule has 0 spiro atoms. The van der Waals surface area contributed by atoms with Gasteiger partial charge < -0.3 is 9.47 Å². The molecule has 0 aromatic heterocycles. The van der Waals surface area contributed by atoms with Crippen LogP contribution in [0.1, 0.15) is 59.8 Å². The van der Waals surface area contributed by atoms with Crippen molar-refractivity contribution in [3.05, 3.63) is 11.1 Å². The van der Waals surface area contributed by atoms with Crippen LogP contribution in [-0.2, 0) is 19.1 Å². The van der Waals surface area contributed by atoms with Crippen molar-refractivity contribution in [3.8, 4) is 0 Å². The van der Waals surface area contributed by atoms with Gasteiger partial charge in [-0.15, -0.1) is 0 Å². The van der Waals surface area contributed by atoms with E-state index in [0.717, 1.165) is 32.1 Å². The average molecular weight is 322 g/mol. The summed E-state index contributed by atoms with van der Waals surface area (Å²) in [5.74, 6) is -1.37. The summed E-state index contributed by atoms with van der Waals surface area (Å²) in [6, 6.07) is 0. The predicted molar refractivity (Wildman–Crippen MR) is 88.7 cm³/mol. The summed E-state index contributed by atoms with van der Waals surface area (Å²) < 4.78 is 10.2. The van der Waals surface area contributed by atoms with E-state index in [9.17, 15) is 9.59 Å². The molecule has 2 bridgehead atoms. The fourth-order valence-corrected chi connectivity index (χ4v) is 5.84. The monoisotopic (exact) mass is 322 g/mol. The van der Waals surface area contributed by atoms with Crippen molar-refractivity contribution < 1.29 is 19.1 Å². The Hall–Kier alpha value is -1.32. The number of methoxy groups -OCH3 is 2. The highest BCUT2D eigenvalue weighted by molar-refractivity contribution is 5.87. The quantitative estimate of drug-likeness (QED) is 0.550. The van der Waals surface area contributed by atoms with Crippen LogP contribution in [0.3, 0.4) is 0 Å². The third-order valence-electron chi connectivity index (χ3n) is 6.60. The summed E-state index contributed by atoms with van der Waals surface area (Å²) in [5.41, 5.74) is 2.28. The van der Waals surface area contributed by atoms with Gasteiger partial charge in [-0.2, -0.15) is 0 Å². The molecule has 0 amide bonds. The Morgan fingerprint density at radius 1 is 0.870 bits per heavy atom. The first-order valence-electron chi connectivity index (χ1n) is 8.82. The van der Waals surface area contributed by atoms with Gasteiger partial charge >= 0.3 is 11.9 Å². The molecule has 0 saturated heterocycles. The number of ether oxygens (including phenoxy) is 2. The van der Waals surface area contributed by atoms with Crippen molar-refractivity contribution in [2.75, 3.05) is 14.2 Å². The summed E-state index contributed by atoms with van der Waals surface area (Å²) in [5, 5.41) is 0. The summed E-state index contributed by atoms with van der Waals surface area (Å²) in [6.45, 7) is 8.58. The number of allylic oxidation sites excluding steroid dienone is 2. The van der Waals surface area contributed by atoms with Gasteiger partial charge in [0, 0.05) is 10.8 Å². The fraction of sp³-hybridized carbons (Fsp3) is 0.789. The molecule has 4 heteroatoms. The van der Waals surface area contributed by atoms with E-state index >= 15 is 0 Å². The molecule has 4 unspecified atom stereocenters. The molecule has 0 heterocycles. The third-order valence-corrected chi connectivity index (χ3v) is 6.60. The molecule has 2 aliphatic carbocycles. The average Bonchev–Trinajstić information content (AvgIpc) is 3.05. The van der Waals surface area contributed by atoms with Crippen LogP contribution in [0.5, 0.6) is 0 Å². The van der Waals surface area contributed by atoms with Gasteiger partial charge in [0.25, 0.3) is 0 Å². The second-order valence-corrected chi connectivity index (χ2v) is 6.86. The third kappa shape index (κ3) is 2.10. The molecule has 2 rings (SSSR count). The minimum absolute atomic E-state index is 0.248. The summed E-state index contributed by atoms with van der Waals surface area (Å²) in [6.07, 6.45) is 4.45. The number of esters is 2. The van der Waals surface area contributed by atoms with E-state index in [0.29, 0.717) is 0 Å². The standard InChI is InChI=1S/C19H30O4/c1-7-12-13(8-2)19(10-4)11-18(12,9-3)14(16(20)22-5)15(19)17(21)23-6/h14-15H,7-11H2,1-6H3. The normalized spacial score (nSPS) is 35.6. The number of carbonyl (C=O) groups excluding carboxylic acids is 2. The van der Waals surface area contributed by atoms with Crippen molar-refractivity contribution in [3.63, 3.8) is 0 Å². The molecule has 0 N–H and O–H groups in total. The van der Waals surface area contributed by atoms with Gasteiger partial charge in [0.1, 0.15) is 0 Å². The van der Waals surface area contributed by atoms with Crippen LogP contribution in [0.2, 0.25) is 0 Å². The lowest BCUT2D eigenvalue weighted by Gasteiger charge is -2.42. The maximum atomic E-state index is 12.7. The molecule has 1 saturated carbocycles. The molecule has 4 atom stereocenters. The topological polar surface area (TPSA) is 52.6 Å². The highest BCUT2D eigenvalue weighted by Gasteiger charge is 2.71. The first kappa shape index (κ1) is 18.0. The van der Waals surface area contributed by atoms with E-state index in [2.05, 4.69) is 27.7 Å². The lowest BCUT2D eigenvalue weighted by Crippen LogP contribution is -2.45. The largest absolute Gasteiger partial charge is 0.469 e. The Balaban J connectivity index is 2.76. The summed E-state index contributed by atoms with van der Waals surface area (Å²) in [7, 11) is 2.83. The number of rotatable bonds is 6. The van der Waals surface area contributed by atoms with Crippen LogP contribution in [0, 0.1) is 22.7 Å². The van der Waals surface area contributed by atoms with Gasteiger partial charge in [-0.3, -0.25) is 9.59 Å². The number of fused-ring (bicyclic) bond motifs is 2. The maximum absolute atomic E-state index is 12.7. The fourth-order valence-electron chi connectivity index (χ4n) is 5.84. The Kier molecular flexibility index (Phi) is 4.93. The minimum Gasteiger partial charge on any atom is -0.469 e. The van der Waals surface area contributed by atoms with E-state index in [4.69, 9.17) is 9.47 Å². The van der Waals surface area contributed by atoms with Crippen LogP contribution in [0.15, 0.2) is 11.1 Å². The van der Waals surface area contributed by atoms with Crippen LogP contribution >= 0.6 is 0 Å². The number of hydrogen-bond acceptors (Lipinski definition) is 4. The zero-order chi connectivity index (χ0) is 17.4. The first-order valence-corrected chi connectivity index (χ1v) is 8.82. The Bertz CT molecular complexity index is 489. The van der Waals surface area contributed by atoms with Crippen LogP contribution < -0.4 is 0 Å². The summed E-state index contributed by atoms with van der Waals surface area (Å²) >= 11 is 0. The number of hydrogen-bond donors (Lipinski definition) is 0. The van der Waals surface area contributed by atoms with Gasteiger partial charge in [-0.25, -0.2) is 0 Å². The van der Waals surface area contributed by atoms with Crippen molar-refractivity contribution >= 4 is 11.9 Å². The zero-order valence-electron chi connectivity index (χ0n) is 15.3. The van der Waals surface area contributed by atoms with Gasteiger partial charge in [-0.05, 0) is 32.1 Å². The zero-order valence-corrected chi connectivity index (χ0v) is 15.3. The molecule has 0 aliphatic heterocycles. The predicted octanol–water partition coefficient (Wildman–Crippen LogP) is 3.89. The van der Waals surface area contributed by atoms with Crippen molar-refractivity contribution in [2.45, 2.75) is 59.8 Å². The Labute approximate surface area is 139 Å². The molecule has 0 aromatic carbocycles. The molecule has 0 radical (unpaired) electrons. The number of carbonyl (C=O) groups is 2. The molecule has 130 valence electrons. The Morgan fingerprint density at radius 3 is 1.43 bits per heavy atom. The van der Waals surface area contributed by atoms with E-state index in [-0.39, 0.29) is 22.8 Å². The lowest BCUT2D eigenvalue weighted by atomic mass is 9.61. The van der Waals surface area contributed by atoms with Crippen molar-refractivity contribution in [1.29, 1.82) is 0 Å². The minimum atomic E-state index is -0.421. The van der Waals surface area contributed by atoms with Gasteiger partial charge in [0.15, 0.2) is 0 Å². The van der Waals surface area contributed by atoms with Crippen LogP contribution in [0.4, 0.5) is 0 Å². The first-order chi connectivity index (χ1) is 10.9. The molecule has 4 nitrogen and oxygen atoms in total. The van der Waals surface area contributed by atoms with Crippen LogP contribution in [-0.4, -0.2) is 26.2 Å². The van der Waals surface area contributed by atoms with Gasteiger partial charge in [0.2, 0.25) is 0 Å². The second kappa shape index (κ2) is 6.29. The van der Waals surface area contributed by atoms with Crippen molar-refractivity contribution in [1.82, 2.24) is 0 Å². The molecular weight excluding hydrogens is 292 g/mol. The second-order valence-electron chi connectivity index (χ2n) is 6.86. The molecular formula is C19H30O4. The van der Waals surface area contributed by atoms with Crippen LogP contribution in [0.25, 0.3) is 0 Å². The van der Waals surface area contributed by atoms with Gasteiger partial charge in [0.05, 0.1) is 26.1 Å².